The third kappa shape index (κ3) is 4.86. The molecule has 0 fully saturated rings. The summed E-state index contributed by atoms with van der Waals surface area (Å²) in [6.45, 7) is 10.0. The zero-order chi connectivity index (χ0) is 17.3. The maximum absolute atomic E-state index is 12.0. The van der Waals surface area contributed by atoms with Crippen molar-refractivity contribution in [2.45, 2.75) is 64.7 Å². The van der Waals surface area contributed by atoms with Crippen molar-refractivity contribution >= 4 is 6.09 Å². The average molecular weight is 320 g/mol. The number of amides is 1. The number of nitrogens with one attached hydrogen (secondary N) is 1. The van der Waals surface area contributed by atoms with E-state index in [0.29, 0.717) is 6.54 Å². The van der Waals surface area contributed by atoms with Gasteiger partial charge in [0.05, 0.1) is 6.04 Å². The first kappa shape index (κ1) is 17.6. The number of aryl methyl sites for hydroxylation is 1. The van der Waals surface area contributed by atoms with E-state index in [9.17, 15) is 4.79 Å². The predicted octanol–water partition coefficient (Wildman–Crippen LogP) is 3.31. The Labute approximate surface area is 138 Å². The van der Waals surface area contributed by atoms with Crippen LogP contribution in [0.4, 0.5) is 4.79 Å². The van der Waals surface area contributed by atoms with Gasteiger partial charge >= 0.3 is 6.09 Å². The Balaban J connectivity index is 2.12. The molecule has 5 nitrogen and oxygen atoms in total. The van der Waals surface area contributed by atoms with E-state index in [1.807, 2.05) is 32.9 Å². The number of benzene rings is 1. The van der Waals surface area contributed by atoms with E-state index in [1.165, 1.54) is 0 Å². The molecule has 1 amide bonds. The lowest BCUT2D eigenvalue weighted by Crippen LogP contribution is -2.38. The van der Waals surface area contributed by atoms with Crippen LogP contribution in [0.15, 0.2) is 18.2 Å². The van der Waals surface area contributed by atoms with Crippen molar-refractivity contribution in [3.05, 3.63) is 29.3 Å². The summed E-state index contributed by atoms with van der Waals surface area (Å²) >= 11 is 0. The lowest BCUT2D eigenvalue weighted by atomic mass is 9.92. The summed E-state index contributed by atoms with van der Waals surface area (Å²) < 4.78 is 11.3. The highest BCUT2D eigenvalue weighted by Crippen LogP contribution is 2.34. The third-order valence-electron chi connectivity index (χ3n) is 3.80. The molecule has 1 aliphatic rings. The number of hydrogen-bond donors (Lipinski definition) is 2. The normalized spacial score (nSPS) is 17.7. The first-order chi connectivity index (χ1) is 10.6. The topological polar surface area (TPSA) is 73.6 Å². The molecule has 0 bridgehead atoms. The molecule has 1 aliphatic heterocycles. The molecular weight excluding hydrogens is 292 g/mol. The number of alkyl carbamates (subject to hydrolysis) is 1. The number of nitrogens with two attached hydrogens (primary N) is 1. The Morgan fingerprint density at radius 2 is 2.13 bits per heavy atom. The molecule has 1 heterocycles. The first-order valence-corrected chi connectivity index (χ1v) is 8.11. The first-order valence-electron chi connectivity index (χ1n) is 8.11. The van der Waals surface area contributed by atoms with Gasteiger partial charge in [0.2, 0.25) is 0 Å². The lowest BCUT2D eigenvalue weighted by molar-refractivity contribution is 0.0505. The summed E-state index contributed by atoms with van der Waals surface area (Å²) in [4.78, 5) is 12.0. The van der Waals surface area contributed by atoms with Gasteiger partial charge in [-0.3, -0.25) is 0 Å². The van der Waals surface area contributed by atoms with Gasteiger partial charge in [0.15, 0.2) is 0 Å². The average Bonchev–Trinajstić information content (AvgIpc) is 2.41. The molecule has 0 radical (unpaired) electrons. The second-order valence-electron chi connectivity index (χ2n) is 7.66. The van der Waals surface area contributed by atoms with Crippen LogP contribution in [0.25, 0.3) is 0 Å². The van der Waals surface area contributed by atoms with Crippen molar-refractivity contribution in [1.82, 2.24) is 5.32 Å². The number of rotatable bonds is 3. The van der Waals surface area contributed by atoms with Crippen molar-refractivity contribution in [2.24, 2.45) is 5.73 Å². The van der Waals surface area contributed by atoms with Crippen LogP contribution in [0.1, 0.15) is 58.2 Å². The highest BCUT2D eigenvalue weighted by Gasteiger charge is 2.27. The Hall–Kier alpha value is -1.75. The van der Waals surface area contributed by atoms with E-state index in [-0.39, 0.29) is 11.6 Å². The summed E-state index contributed by atoms with van der Waals surface area (Å²) in [5, 5.41) is 2.84. The van der Waals surface area contributed by atoms with Gasteiger partial charge in [0, 0.05) is 6.54 Å². The van der Waals surface area contributed by atoms with Crippen LogP contribution in [-0.2, 0) is 11.2 Å². The van der Waals surface area contributed by atoms with Crippen molar-refractivity contribution in [3.8, 4) is 5.75 Å². The third-order valence-corrected chi connectivity index (χ3v) is 3.80. The Morgan fingerprint density at radius 3 is 2.74 bits per heavy atom. The van der Waals surface area contributed by atoms with E-state index < -0.39 is 11.7 Å². The van der Waals surface area contributed by atoms with Crippen LogP contribution >= 0.6 is 0 Å². The second-order valence-corrected chi connectivity index (χ2v) is 7.66. The summed E-state index contributed by atoms with van der Waals surface area (Å²) in [5.41, 5.74) is 7.31. The Morgan fingerprint density at radius 1 is 1.43 bits per heavy atom. The molecule has 128 valence electrons. The fourth-order valence-corrected chi connectivity index (χ4v) is 2.62. The predicted molar refractivity (Wildman–Crippen MR) is 90.6 cm³/mol. The van der Waals surface area contributed by atoms with E-state index in [0.717, 1.165) is 29.7 Å². The minimum Gasteiger partial charge on any atom is -0.488 e. The van der Waals surface area contributed by atoms with Crippen molar-refractivity contribution in [2.75, 3.05) is 6.54 Å². The fraction of sp³-hybridized carbons (Fsp3) is 0.611. The molecular formula is C18H28N2O3. The molecule has 1 aromatic carbocycles. The SMILES string of the molecule is CC(C)(C)OC(=O)NC(CN)c1ccc2c(c1)CCC(C)(C)O2. The van der Waals surface area contributed by atoms with Gasteiger partial charge in [0.1, 0.15) is 17.0 Å². The van der Waals surface area contributed by atoms with Gasteiger partial charge in [-0.1, -0.05) is 12.1 Å². The van der Waals surface area contributed by atoms with Gasteiger partial charge in [-0.25, -0.2) is 4.79 Å². The molecule has 3 N–H and O–H groups in total. The van der Waals surface area contributed by atoms with Crippen LogP contribution in [0.3, 0.4) is 0 Å². The van der Waals surface area contributed by atoms with E-state index in [4.69, 9.17) is 15.2 Å². The standard InChI is InChI=1S/C18H28N2O3/c1-17(2,3)23-16(21)20-14(11-19)12-6-7-15-13(10-12)8-9-18(4,5)22-15/h6-7,10,14H,8-9,11,19H2,1-5H3,(H,20,21). The molecule has 0 aromatic heterocycles. The molecule has 1 unspecified atom stereocenters. The van der Waals surface area contributed by atoms with Crippen LogP contribution in [-0.4, -0.2) is 23.8 Å². The highest BCUT2D eigenvalue weighted by atomic mass is 16.6. The summed E-state index contributed by atoms with van der Waals surface area (Å²) in [6.07, 6.45) is 1.47. The fourth-order valence-electron chi connectivity index (χ4n) is 2.62. The minimum atomic E-state index is -0.529. The summed E-state index contributed by atoms with van der Waals surface area (Å²) in [7, 11) is 0. The monoisotopic (exact) mass is 320 g/mol. The largest absolute Gasteiger partial charge is 0.488 e. The Kier molecular flexibility index (Phi) is 4.90. The molecule has 0 saturated heterocycles. The van der Waals surface area contributed by atoms with Crippen molar-refractivity contribution < 1.29 is 14.3 Å². The smallest absolute Gasteiger partial charge is 0.408 e. The van der Waals surface area contributed by atoms with Gasteiger partial charge in [0.25, 0.3) is 0 Å². The van der Waals surface area contributed by atoms with Gasteiger partial charge < -0.3 is 20.5 Å². The zero-order valence-corrected chi connectivity index (χ0v) is 14.7. The summed E-state index contributed by atoms with van der Waals surface area (Å²) in [5.74, 6) is 0.915. The minimum absolute atomic E-state index is 0.128. The molecule has 1 atom stereocenters. The van der Waals surface area contributed by atoms with Crippen LogP contribution in [0.2, 0.25) is 0 Å². The number of carbonyl (C=O) groups is 1. The van der Waals surface area contributed by atoms with E-state index >= 15 is 0 Å². The molecule has 23 heavy (non-hydrogen) atoms. The number of fused-ring (bicyclic) bond motifs is 1. The molecule has 0 spiro atoms. The number of hydrogen-bond acceptors (Lipinski definition) is 4. The van der Waals surface area contributed by atoms with Crippen LogP contribution in [0, 0.1) is 0 Å². The molecule has 0 saturated carbocycles. The quantitative estimate of drug-likeness (QED) is 0.896. The highest BCUT2D eigenvalue weighted by molar-refractivity contribution is 5.68. The van der Waals surface area contributed by atoms with Gasteiger partial charge in [-0.05, 0) is 64.7 Å². The van der Waals surface area contributed by atoms with Gasteiger partial charge in [-0.15, -0.1) is 0 Å². The maximum atomic E-state index is 12.0. The second kappa shape index (κ2) is 6.40. The molecule has 0 aliphatic carbocycles. The van der Waals surface area contributed by atoms with E-state index in [1.54, 1.807) is 0 Å². The molecule has 2 rings (SSSR count). The van der Waals surface area contributed by atoms with Crippen molar-refractivity contribution in [3.63, 3.8) is 0 Å². The van der Waals surface area contributed by atoms with Crippen LogP contribution < -0.4 is 15.8 Å². The number of ether oxygens (including phenoxy) is 2. The molecule has 5 heteroatoms. The number of carbonyl (C=O) groups excluding carboxylic acids is 1. The maximum Gasteiger partial charge on any atom is 0.408 e. The van der Waals surface area contributed by atoms with Crippen molar-refractivity contribution in [1.29, 1.82) is 0 Å². The zero-order valence-electron chi connectivity index (χ0n) is 14.7. The summed E-state index contributed by atoms with van der Waals surface area (Å²) in [6, 6.07) is 5.71. The van der Waals surface area contributed by atoms with Crippen LogP contribution in [0.5, 0.6) is 5.75 Å². The molecule has 1 aromatic rings. The van der Waals surface area contributed by atoms with E-state index in [2.05, 4.69) is 25.2 Å². The van der Waals surface area contributed by atoms with Gasteiger partial charge in [-0.2, -0.15) is 0 Å². The Bertz CT molecular complexity index is 576. The lowest BCUT2D eigenvalue weighted by Gasteiger charge is -2.33.